The monoisotopic (exact) mass is 370 g/mol. The number of halogens is 1. The highest BCUT2D eigenvalue weighted by Gasteiger charge is 2.12. The summed E-state index contributed by atoms with van der Waals surface area (Å²) in [5.74, 6) is 0.0655. The van der Waals surface area contributed by atoms with Crippen LogP contribution in [0.5, 0.6) is 5.75 Å². The van der Waals surface area contributed by atoms with Crippen molar-refractivity contribution in [2.45, 2.75) is 5.03 Å². The van der Waals surface area contributed by atoms with Crippen LogP contribution in [0.1, 0.15) is 10.4 Å². The first-order chi connectivity index (χ1) is 12.6. The Hall–Kier alpha value is -2.93. The van der Waals surface area contributed by atoms with E-state index in [2.05, 4.69) is 4.98 Å². The van der Waals surface area contributed by atoms with Gasteiger partial charge in [0.1, 0.15) is 11.6 Å². The quantitative estimate of drug-likeness (QED) is 0.492. The van der Waals surface area contributed by atoms with Gasteiger partial charge in [-0.2, -0.15) is 0 Å². The molecule has 132 valence electrons. The summed E-state index contributed by atoms with van der Waals surface area (Å²) in [5, 5.41) is 0.214. The molecule has 0 amide bonds. The fraction of sp³-hybridized carbons (Fsp3) is 0.105. The molecule has 3 rings (SSSR count). The summed E-state index contributed by atoms with van der Waals surface area (Å²) in [5.41, 5.74) is 0.712. The average Bonchev–Trinajstić information content (AvgIpc) is 2.67. The number of ether oxygens (including phenoxy) is 1. The van der Waals surface area contributed by atoms with E-state index in [9.17, 15) is 14.0 Å². The van der Waals surface area contributed by atoms with Gasteiger partial charge in [0, 0.05) is 24.0 Å². The minimum atomic E-state index is -0.403. The number of aromatic nitrogens is 2. The van der Waals surface area contributed by atoms with Crippen LogP contribution in [0, 0.1) is 5.82 Å². The van der Waals surface area contributed by atoms with Gasteiger partial charge in [-0.05, 0) is 36.4 Å². The molecule has 0 N–H and O–H groups in total. The molecule has 1 heterocycles. The van der Waals surface area contributed by atoms with Gasteiger partial charge in [-0.15, -0.1) is 0 Å². The number of carbonyl (C=O) groups is 1. The Kier molecular flexibility index (Phi) is 5.48. The summed E-state index contributed by atoms with van der Waals surface area (Å²) in [6, 6.07) is 12.4. The van der Waals surface area contributed by atoms with Gasteiger partial charge >= 0.3 is 0 Å². The number of hydrogen-bond donors (Lipinski definition) is 0. The Bertz CT molecular complexity index is 987. The van der Waals surface area contributed by atoms with Crippen molar-refractivity contribution in [2.24, 2.45) is 0 Å². The zero-order valence-electron chi connectivity index (χ0n) is 13.9. The Balaban J connectivity index is 1.80. The molecular formula is C19H15FN2O3S. The number of rotatable bonds is 6. The Morgan fingerprint density at radius 2 is 2.00 bits per heavy atom. The Morgan fingerprint density at radius 1 is 1.23 bits per heavy atom. The zero-order chi connectivity index (χ0) is 18.5. The summed E-state index contributed by atoms with van der Waals surface area (Å²) in [7, 11) is 1.55. The Morgan fingerprint density at radius 3 is 2.73 bits per heavy atom. The first-order valence-corrected chi connectivity index (χ1v) is 8.70. The van der Waals surface area contributed by atoms with Crippen LogP contribution in [0.4, 0.5) is 4.39 Å². The van der Waals surface area contributed by atoms with E-state index in [1.165, 1.54) is 35.0 Å². The van der Waals surface area contributed by atoms with Crippen LogP contribution in [-0.4, -0.2) is 28.2 Å². The van der Waals surface area contributed by atoms with Gasteiger partial charge in [0.05, 0.1) is 18.6 Å². The van der Waals surface area contributed by atoms with Crippen molar-refractivity contribution < 1.29 is 13.9 Å². The molecule has 0 unspecified atom stereocenters. The minimum absolute atomic E-state index is 0.0377. The summed E-state index contributed by atoms with van der Waals surface area (Å²) in [6.07, 6.45) is 3.06. The summed E-state index contributed by atoms with van der Waals surface area (Å²) in [4.78, 5) is 28.9. The lowest BCUT2D eigenvalue weighted by Crippen LogP contribution is -2.21. The summed E-state index contributed by atoms with van der Waals surface area (Å²) < 4.78 is 19.6. The number of ketones is 1. The van der Waals surface area contributed by atoms with Crippen molar-refractivity contribution in [3.05, 3.63) is 82.7 Å². The van der Waals surface area contributed by atoms with E-state index in [1.807, 2.05) is 0 Å². The second kappa shape index (κ2) is 7.97. The van der Waals surface area contributed by atoms with Crippen LogP contribution in [0.15, 0.2) is 70.7 Å². The van der Waals surface area contributed by atoms with Gasteiger partial charge < -0.3 is 4.74 Å². The largest absolute Gasteiger partial charge is 0.497 e. The van der Waals surface area contributed by atoms with Crippen LogP contribution in [0.3, 0.4) is 0 Å². The number of thioether (sulfide) groups is 1. The van der Waals surface area contributed by atoms with E-state index >= 15 is 0 Å². The number of benzene rings is 2. The highest BCUT2D eigenvalue weighted by molar-refractivity contribution is 7.99. The molecule has 0 radical (unpaired) electrons. The maximum Gasteiger partial charge on any atom is 0.287 e. The summed E-state index contributed by atoms with van der Waals surface area (Å²) in [6.45, 7) is 0. The minimum Gasteiger partial charge on any atom is -0.497 e. The topological polar surface area (TPSA) is 61.2 Å². The lowest BCUT2D eigenvalue weighted by Gasteiger charge is -2.08. The molecule has 0 atom stereocenters. The first kappa shape index (κ1) is 17.9. The maximum atomic E-state index is 12.9. The van der Waals surface area contributed by atoms with Crippen molar-refractivity contribution >= 4 is 17.5 Å². The maximum absolute atomic E-state index is 12.9. The van der Waals surface area contributed by atoms with Crippen LogP contribution in [0.2, 0.25) is 0 Å². The fourth-order valence-corrected chi connectivity index (χ4v) is 3.10. The molecule has 26 heavy (non-hydrogen) atoms. The number of hydrogen-bond acceptors (Lipinski definition) is 5. The van der Waals surface area contributed by atoms with E-state index in [0.29, 0.717) is 17.0 Å². The standard InChI is InChI=1S/C19H15FN2O3S/c1-25-16-4-2-3-15(11-16)22-10-9-21-18(19(22)24)26-12-17(23)13-5-7-14(20)8-6-13/h2-11H,12H2,1H3. The van der Waals surface area contributed by atoms with E-state index in [0.717, 1.165) is 11.8 Å². The molecule has 0 spiro atoms. The van der Waals surface area contributed by atoms with Crippen LogP contribution >= 0.6 is 11.8 Å². The highest BCUT2D eigenvalue weighted by atomic mass is 32.2. The van der Waals surface area contributed by atoms with Gasteiger partial charge in [0.2, 0.25) is 0 Å². The van der Waals surface area contributed by atoms with Gasteiger partial charge in [-0.1, -0.05) is 17.8 Å². The van der Waals surface area contributed by atoms with Crippen molar-refractivity contribution in [3.63, 3.8) is 0 Å². The van der Waals surface area contributed by atoms with Gasteiger partial charge in [-0.25, -0.2) is 9.37 Å². The van der Waals surface area contributed by atoms with E-state index in [1.54, 1.807) is 37.6 Å². The van der Waals surface area contributed by atoms with E-state index in [-0.39, 0.29) is 22.1 Å². The number of methoxy groups -OCH3 is 1. The molecule has 0 aliphatic rings. The SMILES string of the molecule is COc1cccc(-n2ccnc(SCC(=O)c3ccc(F)cc3)c2=O)c1. The fourth-order valence-electron chi connectivity index (χ4n) is 2.31. The first-order valence-electron chi connectivity index (χ1n) is 7.72. The van der Waals surface area contributed by atoms with Crippen molar-refractivity contribution in [2.75, 3.05) is 12.9 Å². The third-order valence-corrected chi connectivity index (χ3v) is 4.61. The summed E-state index contributed by atoms with van der Waals surface area (Å²) >= 11 is 1.05. The van der Waals surface area contributed by atoms with Gasteiger partial charge in [0.25, 0.3) is 5.56 Å². The number of Topliss-reactive ketones (excluding diaryl/α,β-unsaturated/α-hetero) is 1. The molecule has 0 fully saturated rings. The van der Waals surface area contributed by atoms with Crippen molar-refractivity contribution in [3.8, 4) is 11.4 Å². The molecule has 0 aliphatic carbocycles. The molecule has 0 saturated carbocycles. The van der Waals surface area contributed by atoms with Gasteiger partial charge in [0.15, 0.2) is 10.8 Å². The van der Waals surface area contributed by atoms with E-state index < -0.39 is 5.82 Å². The highest BCUT2D eigenvalue weighted by Crippen LogP contribution is 2.17. The second-order valence-electron chi connectivity index (χ2n) is 5.33. The van der Waals surface area contributed by atoms with Gasteiger partial charge in [-0.3, -0.25) is 14.2 Å². The lowest BCUT2D eigenvalue weighted by atomic mass is 10.1. The van der Waals surface area contributed by atoms with Crippen LogP contribution < -0.4 is 10.3 Å². The third-order valence-electron chi connectivity index (χ3n) is 3.65. The smallest absolute Gasteiger partial charge is 0.287 e. The lowest BCUT2D eigenvalue weighted by molar-refractivity contribution is 0.102. The van der Waals surface area contributed by atoms with Crippen molar-refractivity contribution in [1.82, 2.24) is 9.55 Å². The molecule has 1 aromatic heterocycles. The van der Waals surface area contributed by atoms with E-state index in [4.69, 9.17) is 4.74 Å². The third kappa shape index (κ3) is 4.00. The number of carbonyl (C=O) groups excluding carboxylic acids is 1. The average molecular weight is 370 g/mol. The van der Waals surface area contributed by atoms with Crippen LogP contribution in [0.25, 0.3) is 5.69 Å². The molecule has 0 bridgehead atoms. The van der Waals surface area contributed by atoms with Crippen LogP contribution in [-0.2, 0) is 0 Å². The zero-order valence-corrected chi connectivity index (χ0v) is 14.7. The predicted molar refractivity (Wildman–Crippen MR) is 97.8 cm³/mol. The molecule has 2 aromatic carbocycles. The molecule has 5 nitrogen and oxygen atoms in total. The normalized spacial score (nSPS) is 10.5. The second-order valence-corrected chi connectivity index (χ2v) is 6.29. The molecule has 7 heteroatoms. The molecule has 0 aliphatic heterocycles. The Labute approximate surface area is 153 Å². The molecular weight excluding hydrogens is 355 g/mol. The molecule has 0 saturated heterocycles. The predicted octanol–water partition coefficient (Wildman–Crippen LogP) is 3.36. The number of nitrogens with zero attached hydrogens (tertiary/aromatic N) is 2. The molecule has 3 aromatic rings. The van der Waals surface area contributed by atoms with Crippen molar-refractivity contribution in [1.29, 1.82) is 0 Å².